The lowest BCUT2D eigenvalue weighted by molar-refractivity contribution is -0.188. The maximum absolute atomic E-state index is 12.5. The number of nitrogens with zero attached hydrogens (tertiary/aromatic N) is 1. The molecule has 1 fully saturated rings. The molecule has 1 heterocycles. The summed E-state index contributed by atoms with van der Waals surface area (Å²) in [4.78, 5) is 12.7. The van der Waals surface area contributed by atoms with Crippen LogP contribution in [0.2, 0.25) is 0 Å². The van der Waals surface area contributed by atoms with Crippen molar-refractivity contribution in [2.75, 3.05) is 19.7 Å². The Labute approximate surface area is 92.2 Å². The number of aliphatic hydroxyl groups is 1. The predicted octanol–water partition coefficient (Wildman–Crippen LogP) is 1.56. The normalized spacial score (nSPS) is 22.2. The summed E-state index contributed by atoms with van der Waals surface area (Å²) in [6, 6.07) is 0. The lowest BCUT2D eigenvalue weighted by Gasteiger charge is -2.33. The van der Waals surface area contributed by atoms with Gasteiger partial charge in [0.05, 0.1) is 5.92 Å². The summed E-state index contributed by atoms with van der Waals surface area (Å²) < 4.78 is 37.4. The van der Waals surface area contributed by atoms with E-state index in [0.29, 0.717) is 19.4 Å². The van der Waals surface area contributed by atoms with Crippen molar-refractivity contribution in [2.45, 2.75) is 31.9 Å². The molecule has 0 bridgehead atoms. The Morgan fingerprint density at radius 2 is 2.12 bits per heavy atom. The molecule has 0 aromatic carbocycles. The highest BCUT2D eigenvalue weighted by molar-refractivity contribution is 5.76. The number of carbonyl (C=O) groups excluding carboxylic acids is 1. The van der Waals surface area contributed by atoms with Crippen molar-refractivity contribution in [1.82, 2.24) is 4.90 Å². The van der Waals surface area contributed by atoms with Gasteiger partial charge in [-0.2, -0.15) is 13.2 Å². The van der Waals surface area contributed by atoms with Gasteiger partial charge in [0.2, 0.25) is 5.91 Å². The zero-order valence-electron chi connectivity index (χ0n) is 8.96. The van der Waals surface area contributed by atoms with Crippen LogP contribution in [0, 0.1) is 5.92 Å². The lowest BCUT2D eigenvalue weighted by Crippen LogP contribution is -2.44. The minimum atomic E-state index is -4.21. The Bertz CT molecular complexity index is 243. The van der Waals surface area contributed by atoms with Gasteiger partial charge in [-0.3, -0.25) is 4.79 Å². The zero-order valence-corrected chi connectivity index (χ0v) is 8.96. The van der Waals surface area contributed by atoms with E-state index in [1.807, 2.05) is 0 Å². The van der Waals surface area contributed by atoms with Crippen LogP contribution in [0.1, 0.15) is 25.7 Å². The fourth-order valence-electron chi connectivity index (χ4n) is 1.86. The third-order valence-corrected chi connectivity index (χ3v) is 2.79. The van der Waals surface area contributed by atoms with Gasteiger partial charge in [-0.25, -0.2) is 0 Å². The van der Waals surface area contributed by atoms with E-state index in [0.717, 1.165) is 0 Å². The molecule has 94 valence electrons. The molecule has 16 heavy (non-hydrogen) atoms. The number of alkyl halides is 3. The number of piperidine rings is 1. The highest BCUT2D eigenvalue weighted by Crippen LogP contribution is 2.33. The predicted molar refractivity (Wildman–Crippen MR) is 51.7 cm³/mol. The van der Waals surface area contributed by atoms with E-state index in [2.05, 4.69) is 0 Å². The van der Waals surface area contributed by atoms with E-state index in [1.165, 1.54) is 4.90 Å². The van der Waals surface area contributed by atoms with Crippen LogP contribution in [0.4, 0.5) is 13.2 Å². The summed E-state index contributed by atoms with van der Waals surface area (Å²) in [5, 5.41) is 8.54. The van der Waals surface area contributed by atoms with Crippen molar-refractivity contribution in [3.63, 3.8) is 0 Å². The molecule has 0 radical (unpaired) electrons. The average molecular weight is 239 g/mol. The standard InChI is InChI=1S/C10H16F3NO2/c11-10(12,13)8-3-1-5-14(7-8)9(16)4-2-6-15/h8,15H,1-7H2. The Hall–Kier alpha value is -0.780. The van der Waals surface area contributed by atoms with Crippen molar-refractivity contribution >= 4 is 5.91 Å². The van der Waals surface area contributed by atoms with Crippen LogP contribution in [0.3, 0.4) is 0 Å². The molecule has 1 atom stereocenters. The number of rotatable bonds is 3. The molecule has 1 amide bonds. The number of hydrogen-bond donors (Lipinski definition) is 1. The number of carbonyl (C=O) groups is 1. The molecule has 0 aromatic rings. The van der Waals surface area contributed by atoms with Gasteiger partial charge in [-0.15, -0.1) is 0 Å². The third kappa shape index (κ3) is 3.66. The third-order valence-electron chi connectivity index (χ3n) is 2.79. The van der Waals surface area contributed by atoms with Crippen LogP contribution in [0.15, 0.2) is 0 Å². The van der Waals surface area contributed by atoms with Gasteiger partial charge >= 0.3 is 6.18 Å². The molecular weight excluding hydrogens is 223 g/mol. The van der Waals surface area contributed by atoms with Gasteiger partial charge in [0.1, 0.15) is 0 Å². The minimum Gasteiger partial charge on any atom is -0.396 e. The molecule has 0 aromatic heterocycles. The second-order valence-corrected chi connectivity index (χ2v) is 4.05. The van der Waals surface area contributed by atoms with Gasteiger partial charge in [0, 0.05) is 26.1 Å². The van der Waals surface area contributed by atoms with Crippen molar-refractivity contribution in [3.05, 3.63) is 0 Å². The second kappa shape index (κ2) is 5.52. The van der Waals surface area contributed by atoms with Crippen molar-refractivity contribution in [2.24, 2.45) is 5.92 Å². The summed E-state index contributed by atoms with van der Waals surface area (Å²) >= 11 is 0. The Morgan fingerprint density at radius 3 is 2.69 bits per heavy atom. The molecule has 1 aliphatic heterocycles. The fourth-order valence-corrected chi connectivity index (χ4v) is 1.86. The van der Waals surface area contributed by atoms with E-state index >= 15 is 0 Å². The first-order valence-electron chi connectivity index (χ1n) is 5.40. The second-order valence-electron chi connectivity index (χ2n) is 4.05. The smallest absolute Gasteiger partial charge is 0.393 e. The van der Waals surface area contributed by atoms with Crippen molar-refractivity contribution in [3.8, 4) is 0 Å². The number of amides is 1. The van der Waals surface area contributed by atoms with Crippen molar-refractivity contribution < 1.29 is 23.1 Å². The Kier molecular flexibility index (Phi) is 4.58. The summed E-state index contributed by atoms with van der Waals surface area (Å²) in [5.74, 6) is -1.68. The number of hydrogen-bond acceptors (Lipinski definition) is 2. The molecule has 0 saturated carbocycles. The summed E-state index contributed by atoms with van der Waals surface area (Å²) in [7, 11) is 0. The molecule has 1 unspecified atom stereocenters. The SMILES string of the molecule is O=C(CCCO)N1CCCC(C(F)(F)F)C1. The topological polar surface area (TPSA) is 40.5 Å². The molecule has 1 aliphatic rings. The first-order chi connectivity index (χ1) is 7.45. The molecule has 3 nitrogen and oxygen atoms in total. The molecule has 1 rings (SSSR count). The molecule has 0 aliphatic carbocycles. The number of halogens is 3. The van der Waals surface area contributed by atoms with Crippen LogP contribution in [-0.2, 0) is 4.79 Å². The van der Waals surface area contributed by atoms with Gasteiger partial charge in [0.25, 0.3) is 0 Å². The van der Waals surface area contributed by atoms with E-state index in [1.54, 1.807) is 0 Å². The molecule has 1 saturated heterocycles. The molecule has 1 N–H and O–H groups in total. The summed E-state index contributed by atoms with van der Waals surface area (Å²) in [5.41, 5.74) is 0. The first kappa shape index (κ1) is 13.3. The minimum absolute atomic E-state index is 0.104. The van der Waals surface area contributed by atoms with Crippen LogP contribution in [0.5, 0.6) is 0 Å². The summed E-state index contributed by atoms with van der Waals surface area (Å²) in [6.07, 6.45) is -3.27. The Morgan fingerprint density at radius 1 is 1.44 bits per heavy atom. The highest BCUT2D eigenvalue weighted by Gasteiger charge is 2.42. The fraction of sp³-hybridized carbons (Fsp3) is 0.900. The molecular formula is C10H16F3NO2. The van der Waals surface area contributed by atoms with Gasteiger partial charge in [-0.05, 0) is 19.3 Å². The van der Waals surface area contributed by atoms with Crippen LogP contribution < -0.4 is 0 Å². The van der Waals surface area contributed by atoms with E-state index in [9.17, 15) is 18.0 Å². The maximum Gasteiger partial charge on any atom is 0.393 e. The van der Waals surface area contributed by atoms with E-state index in [4.69, 9.17) is 5.11 Å². The monoisotopic (exact) mass is 239 g/mol. The van der Waals surface area contributed by atoms with Gasteiger partial charge < -0.3 is 10.0 Å². The van der Waals surface area contributed by atoms with Gasteiger partial charge in [0.15, 0.2) is 0 Å². The first-order valence-corrected chi connectivity index (χ1v) is 5.40. The maximum atomic E-state index is 12.5. The van der Waals surface area contributed by atoms with Crippen LogP contribution >= 0.6 is 0 Å². The number of likely N-dealkylation sites (tertiary alicyclic amines) is 1. The molecule has 0 spiro atoms. The quantitative estimate of drug-likeness (QED) is 0.812. The van der Waals surface area contributed by atoms with Gasteiger partial charge in [-0.1, -0.05) is 0 Å². The van der Waals surface area contributed by atoms with E-state index in [-0.39, 0.29) is 31.9 Å². The largest absolute Gasteiger partial charge is 0.396 e. The zero-order chi connectivity index (χ0) is 12.2. The molecule has 6 heteroatoms. The van der Waals surface area contributed by atoms with E-state index < -0.39 is 12.1 Å². The summed E-state index contributed by atoms with van der Waals surface area (Å²) in [6.45, 7) is 0.0624. The lowest BCUT2D eigenvalue weighted by atomic mass is 9.97. The van der Waals surface area contributed by atoms with Crippen molar-refractivity contribution in [1.29, 1.82) is 0 Å². The van der Waals surface area contributed by atoms with Crippen LogP contribution in [0.25, 0.3) is 0 Å². The highest BCUT2D eigenvalue weighted by atomic mass is 19.4. The number of aliphatic hydroxyl groups excluding tert-OH is 1. The average Bonchev–Trinajstić information content (AvgIpc) is 2.25. The Balaban J connectivity index is 2.47. The van der Waals surface area contributed by atoms with Crippen LogP contribution in [-0.4, -0.2) is 41.8 Å².